The van der Waals surface area contributed by atoms with Crippen molar-refractivity contribution < 1.29 is 4.79 Å². The highest BCUT2D eigenvalue weighted by molar-refractivity contribution is 7.98. The van der Waals surface area contributed by atoms with Crippen molar-refractivity contribution in [3.8, 4) is 0 Å². The summed E-state index contributed by atoms with van der Waals surface area (Å²) in [6.45, 7) is 8.21. The second kappa shape index (κ2) is 9.61. The Balaban J connectivity index is 1.67. The fraction of sp³-hybridized carbons (Fsp3) is 0.476. The predicted molar refractivity (Wildman–Crippen MR) is 116 cm³/mol. The highest BCUT2D eigenvalue weighted by Crippen LogP contribution is 2.27. The molecule has 3 rings (SSSR count). The normalized spacial score (nSPS) is 15.1. The van der Waals surface area contributed by atoms with Gasteiger partial charge < -0.3 is 10.2 Å². The molecular formula is C21H27ClN4OS. The van der Waals surface area contributed by atoms with Gasteiger partial charge in [-0.15, -0.1) is 0 Å². The Labute approximate surface area is 176 Å². The molecule has 0 atom stereocenters. The number of hydrogen-bond donors (Lipinski definition) is 1. The zero-order valence-corrected chi connectivity index (χ0v) is 18.2. The van der Waals surface area contributed by atoms with Crippen LogP contribution in [0.25, 0.3) is 0 Å². The molecule has 0 spiro atoms. The minimum absolute atomic E-state index is 0.0533. The van der Waals surface area contributed by atoms with Crippen LogP contribution < -0.4 is 10.2 Å². The molecule has 1 aliphatic rings. The third kappa shape index (κ3) is 5.85. The number of benzene rings is 1. The van der Waals surface area contributed by atoms with Crippen molar-refractivity contribution in [3.05, 3.63) is 46.6 Å². The van der Waals surface area contributed by atoms with Gasteiger partial charge >= 0.3 is 0 Å². The van der Waals surface area contributed by atoms with Crippen LogP contribution in [0, 0.1) is 5.92 Å². The van der Waals surface area contributed by atoms with E-state index in [0.717, 1.165) is 30.4 Å². The molecule has 0 saturated carbocycles. The van der Waals surface area contributed by atoms with E-state index in [0.29, 0.717) is 21.6 Å². The molecule has 28 heavy (non-hydrogen) atoms. The maximum atomic E-state index is 12.2. The number of rotatable bonds is 6. The van der Waals surface area contributed by atoms with Crippen LogP contribution in [0.15, 0.2) is 35.5 Å². The molecular weight excluding hydrogens is 392 g/mol. The third-order valence-corrected chi connectivity index (χ3v) is 5.86. The van der Waals surface area contributed by atoms with E-state index in [-0.39, 0.29) is 11.9 Å². The number of nitrogens with one attached hydrogen (secondary N) is 1. The van der Waals surface area contributed by atoms with Gasteiger partial charge in [0.2, 0.25) is 0 Å². The SMILES string of the molecule is CC1CCN(c2cc(Cl)nc(SCc3cccc(C(=O)NC(C)C)c3)n2)CC1. The molecule has 2 aromatic rings. The number of anilines is 1. The number of halogens is 1. The van der Waals surface area contributed by atoms with Gasteiger partial charge in [-0.05, 0) is 50.3 Å². The summed E-state index contributed by atoms with van der Waals surface area (Å²) in [5, 5.41) is 4.05. The Morgan fingerprint density at radius 1 is 1.29 bits per heavy atom. The molecule has 0 radical (unpaired) electrons. The summed E-state index contributed by atoms with van der Waals surface area (Å²) in [7, 11) is 0. The third-order valence-electron chi connectivity index (χ3n) is 4.75. The molecule has 150 valence electrons. The van der Waals surface area contributed by atoms with Crippen LogP contribution in [0.4, 0.5) is 5.82 Å². The van der Waals surface area contributed by atoms with E-state index in [1.165, 1.54) is 24.6 Å². The summed E-state index contributed by atoms with van der Waals surface area (Å²) in [5.41, 5.74) is 1.72. The van der Waals surface area contributed by atoms with Crippen molar-refractivity contribution in [1.82, 2.24) is 15.3 Å². The molecule has 1 aromatic heterocycles. The Morgan fingerprint density at radius 3 is 2.75 bits per heavy atom. The Bertz CT molecular complexity index is 822. The van der Waals surface area contributed by atoms with Crippen LogP contribution in [0.5, 0.6) is 0 Å². The minimum atomic E-state index is -0.0533. The molecule has 2 heterocycles. The highest BCUT2D eigenvalue weighted by Gasteiger charge is 2.18. The molecule has 1 fully saturated rings. The lowest BCUT2D eigenvalue weighted by molar-refractivity contribution is 0.0943. The van der Waals surface area contributed by atoms with E-state index in [4.69, 9.17) is 16.6 Å². The standard InChI is InChI=1S/C21H27ClN4OS/c1-14(2)23-20(27)17-6-4-5-16(11-17)13-28-21-24-18(22)12-19(25-21)26-9-7-15(3)8-10-26/h4-6,11-12,14-15H,7-10,13H2,1-3H3,(H,23,27). The van der Waals surface area contributed by atoms with Crippen LogP contribution in [0.1, 0.15) is 49.5 Å². The topological polar surface area (TPSA) is 58.1 Å². The second-order valence-corrected chi connectivity index (χ2v) is 8.95. The van der Waals surface area contributed by atoms with Gasteiger partial charge in [0.25, 0.3) is 5.91 Å². The zero-order valence-electron chi connectivity index (χ0n) is 16.6. The highest BCUT2D eigenvalue weighted by atomic mass is 35.5. The smallest absolute Gasteiger partial charge is 0.251 e. The molecule has 5 nitrogen and oxygen atoms in total. The Morgan fingerprint density at radius 2 is 2.04 bits per heavy atom. The fourth-order valence-corrected chi connectivity index (χ4v) is 4.17. The molecule has 1 saturated heterocycles. The largest absolute Gasteiger partial charge is 0.356 e. The average molecular weight is 419 g/mol. The summed E-state index contributed by atoms with van der Waals surface area (Å²) in [5.74, 6) is 2.30. The Kier molecular flexibility index (Phi) is 7.18. The van der Waals surface area contributed by atoms with Crippen molar-refractivity contribution in [2.75, 3.05) is 18.0 Å². The lowest BCUT2D eigenvalue weighted by Crippen LogP contribution is -2.33. The second-order valence-electron chi connectivity index (χ2n) is 7.62. The summed E-state index contributed by atoms with van der Waals surface area (Å²) in [4.78, 5) is 23.6. The molecule has 0 unspecified atom stereocenters. The number of thioether (sulfide) groups is 1. The van der Waals surface area contributed by atoms with E-state index in [9.17, 15) is 4.79 Å². The number of piperidine rings is 1. The maximum Gasteiger partial charge on any atom is 0.251 e. The number of nitrogens with zero attached hydrogens (tertiary/aromatic N) is 3. The van der Waals surface area contributed by atoms with Gasteiger partial charge in [0.15, 0.2) is 5.16 Å². The van der Waals surface area contributed by atoms with Gasteiger partial charge in [-0.3, -0.25) is 4.79 Å². The number of carbonyl (C=O) groups excluding carboxylic acids is 1. The first-order valence-electron chi connectivity index (χ1n) is 9.73. The zero-order chi connectivity index (χ0) is 20.1. The first kappa shape index (κ1) is 20.9. The average Bonchev–Trinajstić information content (AvgIpc) is 2.66. The van der Waals surface area contributed by atoms with E-state index in [1.54, 1.807) is 0 Å². The summed E-state index contributed by atoms with van der Waals surface area (Å²) >= 11 is 7.79. The van der Waals surface area contributed by atoms with Crippen LogP contribution in [0.2, 0.25) is 5.15 Å². The first-order valence-corrected chi connectivity index (χ1v) is 11.1. The van der Waals surface area contributed by atoms with Crippen molar-refractivity contribution in [2.45, 2.75) is 50.6 Å². The van der Waals surface area contributed by atoms with Crippen molar-refractivity contribution in [1.29, 1.82) is 0 Å². The van der Waals surface area contributed by atoms with Gasteiger partial charge in [0.05, 0.1) is 0 Å². The molecule has 1 aliphatic heterocycles. The van der Waals surface area contributed by atoms with Crippen LogP contribution >= 0.6 is 23.4 Å². The first-order chi connectivity index (χ1) is 13.4. The van der Waals surface area contributed by atoms with Crippen molar-refractivity contribution >= 4 is 35.1 Å². The molecule has 1 aromatic carbocycles. The van der Waals surface area contributed by atoms with E-state index >= 15 is 0 Å². The number of hydrogen-bond acceptors (Lipinski definition) is 5. The number of aromatic nitrogens is 2. The predicted octanol–water partition coefficient (Wildman–Crippen LogP) is 4.80. The van der Waals surface area contributed by atoms with Crippen LogP contribution in [-0.2, 0) is 5.75 Å². The minimum Gasteiger partial charge on any atom is -0.356 e. The number of amides is 1. The maximum absolute atomic E-state index is 12.2. The van der Waals surface area contributed by atoms with Gasteiger partial charge in [-0.2, -0.15) is 0 Å². The van der Waals surface area contributed by atoms with E-state index in [1.807, 2.05) is 44.2 Å². The summed E-state index contributed by atoms with van der Waals surface area (Å²) < 4.78 is 0. The summed E-state index contributed by atoms with van der Waals surface area (Å²) in [6, 6.07) is 9.63. The fourth-order valence-electron chi connectivity index (χ4n) is 3.15. The van der Waals surface area contributed by atoms with Crippen LogP contribution in [-0.4, -0.2) is 35.0 Å². The van der Waals surface area contributed by atoms with Crippen LogP contribution in [0.3, 0.4) is 0 Å². The Hall–Kier alpha value is -1.79. The van der Waals surface area contributed by atoms with E-state index < -0.39 is 0 Å². The van der Waals surface area contributed by atoms with Gasteiger partial charge in [-0.1, -0.05) is 42.4 Å². The van der Waals surface area contributed by atoms with Gasteiger partial charge in [0.1, 0.15) is 11.0 Å². The van der Waals surface area contributed by atoms with Crippen molar-refractivity contribution in [3.63, 3.8) is 0 Å². The monoisotopic (exact) mass is 418 g/mol. The molecule has 1 amide bonds. The van der Waals surface area contributed by atoms with Gasteiger partial charge in [-0.25, -0.2) is 9.97 Å². The molecule has 1 N–H and O–H groups in total. The van der Waals surface area contributed by atoms with E-state index in [2.05, 4.69) is 22.1 Å². The molecule has 0 aliphatic carbocycles. The van der Waals surface area contributed by atoms with Crippen molar-refractivity contribution in [2.24, 2.45) is 5.92 Å². The number of carbonyl (C=O) groups is 1. The lowest BCUT2D eigenvalue weighted by atomic mass is 9.99. The van der Waals surface area contributed by atoms with Gasteiger partial charge in [0, 0.05) is 36.5 Å². The lowest BCUT2D eigenvalue weighted by Gasteiger charge is -2.31. The quantitative estimate of drug-likeness (QED) is 0.415. The molecule has 0 bridgehead atoms. The summed E-state index contributed by atoms with van der Waals surface area (Å²) in [6.07, 6.45) is 2.35. The molecule has 7 heteroatoms.